The van der Waals surface area contributed by atoms with Crippen LogP contribution in [0.25, 0.3) is 0 Å². The summed E-state index contributed by atoms with van der Waals surface area (Å²) < 4.78 is 15.1. The van der Waals surface area contributed by atoms with Crippen LogP contribution in [0.3, 0.4) is 0 Å². The fourth-order valence-electron chi connectivity index (χ4n) is 1.53. The zero-order chi connectivity index (χ0) is 14.5. The molecular weight excluding hydrogens is 267 g/mol. The number of hydrogen-bond acceptors (Lipinski definition) is 4. The smallest absolute Gasteiger partial charge is 0.335 e. The highest BCUT2D eigenvalue weighted by atomic mass is 19.1. The van der Waals surface area contributed by atoms with E-state index in [1.807, 2.05) is 0 Å². The van der Waals surface area contributed by atoms with E-state index in [1.165, 1.54) is 29.5 Å². The van der Waals surface area contributed by atoms with Crippen LogP contribution in [0.2, 0.25) is 0 Å². The van der Waals surface area contributed by atoms with Gasteiger partial charge in [-0.1, -0.05) is 0 Å². The molecule has 2 N–H and O–H groups in total. The Kier molecular flexibility index (Phi) is 4.04. The number of anilines is 1. The number of nitrogens with zero attached hydrogens (tertiary/aromatic N) is 3. The molecule has 1 amide bonds. The number of carbonyl (C=O) groups is 2. The van der Waals surface area contributed by atoms with Crippen molar-refractivity contribution < 1.29 is 19.1 Å². The predicted octanol–water partition coefficient (Wildman–Crippen LogP) is 1.14. The van der Waals surface area contributed by atoms with Gasteiger partial charge in [-0.2, -0.15) is 5.10 Å². The lowest BCUT2D eigenvalue weighted by molar-refractivity contribution is -0.116. The first-order valence-corrected chi connectivity index (χ1v) is 5.71. The molecule has 7 nitrogen and oxygen atoms in total. The maximum Gasteiger partial charge on any atom is 0.335 e. The summed E-state index contributed by atoms with van der Waals surface area (Å²) in [6, 6.07) is 3.29. The van der Waals surface area contributed by atoms with Crippen molar-refractivity contribution in [3.05, 3.63) is 42.2 Å². The Hall–Kier alpha value is -2.77. The Morgan fingerprint density at radius 3 is 2.80 bits per heavy atom. The van der Waals surface area contributed by atoms with E-state index in [4.69, 9.17) is 5.11 Å². The minimum absolute atomic E-state index is 0.0569. The monoisotopic (exact) mass is 278 g/mol. The molecular formula is C12H11FN4O3. The third-order valence-corrected chi connectivity index (χ3v) is 2.52. The van der Waals surface area contributed by atoms with Crippen LogP contribution in [0, 0.1) is 5.82 Å². The van der Waals surface area contributed by atoms with Crippen LogP contribution in [0.1, 0.15) is 16.8 Å². The molecule has 0 saturated carbocycles. The molecule has 20 heavy (non-hydrogen) atoms. The maximum absolute atomic E-state index is 13.6. The van der Waals surface area contributed by atoms with Crippen LogP contribution >= 0.6 is 0 Å². The van der Waals surface area contributed by atoms with Crippen molar-refractivity contribution >= 4 is 17.6 Å². The van der Waals surface area contributed by atoms with Gasteiger partial charge in [0, 0.05) is 6.42 Å². The summed E-state index contributed by atoms with van der Waals surface area (Å²) in [6.45, 7) is 0.320. The number of nitrogens with one attached hydrogen (secondary N) is 1. The molecule has 2 aromatic rings. The molecule has 1 aromatic carbocycles. The first-order chi connectivity index (χ1) is 9.56. The number of amides is 1. The molecule has 0 fully saturated rings. The molecule has 0 aliphatic rings. The number of aromatic carboxylic acids is 1. The van der Waals surface area contributed by atoms with Crippen LogP contribution in [0.15, 0.2) is 30.9 Å². The second-order valence-corrected chi connectivity index (χ2v) is 3.96. The van der Waals surface area contributed by atoms with Gasteiger partial charge in [0.1, 0.15) is 18.5 Å². The molecule has 0 saturated heterocycles. The van der Waals surface area contributed by atoms with E-state index in [2.05, 4.69) is 15.4 Å². The van der Waals surface area contributed by atoms with Crippen LogP contribution in [0.4, 0.5) is 10.1 Å². The third kappa shape index (κ3) is 3.37. The summed E-state index contributed by atoms with van der Waals surface area (Å²) in [5.41, 5.74) is -0.235. The molecule has 1 aromatic heterocycles. The quantitative estimate of drug-likeness (QED) is 0.854. The largest absolute Gasteiger partial charge is 0.478 e. The normalized spacial score (nSPS) is 10.2. The summed E-state index contributed by atoms with van der Waals surface area (Å²) >= 11 is 0. The summed E-state index contributed by atoms with van der Waals surface area (Å²) in [5, 5.41) is 14.9. The molecule has 0 aliphatic carbocycles. The molecule has 0 radical (unpaired) electrons. The fraction of sp³-hybridized carbons (Fsp3) is 0.167. The molecule has 0 unspecified atom stereocenters. The number of halogens is 1. The number of carboxylic acid groups (broad SMARTS) is 1. The van der Waals surface area contributed by atoms with Crippen LogP contribution in [0.5, 0.6) is 0 Å². The zero-order valence-corrected chi connectivity index (χ0v) is 10.3. The van der Waals surface area contributed by atoms with Gasteiger partial charge in [0.25, 0.3) is 0 Å². The highest BCUT2D eigenvalue weighted by Gasteiger charge is 2.10. The Balaban J connectivity index is 1.95. The summed E-state index contributed by atoms with van der Waals surface area (Å²) in [6.07, 6.45) is 2.92. The van der Waals surface area contributed by atoms with Gasteiger partial charge in [-0.3, -0.25) is 9.48 Å². The highest BCUT2D eigenvalue weighted by molar-refractivity contribution is 5.92. The van der Waals surface area contributed by atoms with E-state index >= 15 is 0 Å². The van der Waals surface area contributed by atoms with Gasteiger partial charge in [-0.05, 0) is 18.2 Å². The van der Waals surface area contributed by atoms with Crippen molar-refractivity contribution in [2.24, 2.45) is 0 Å². The maximum atomic E-state index is 13.6. The lowest BCUT2D eigenvalue weighted by Gasteiger charge is -2.07. The van der Waals surface area contributed by atoms with Gasteiger partial charge in [-0.15, -0.1) is 0 Å². The Morgan fingerprint density at radius 1 is 1.40 bits per heavy atom. The van der Waals surface area contributed by atoms with Crippen molar-refractivity contribution in [1.82, 2.24) is 14.8 Å². The number of carbonyl (C=O) groups excluding carboxylic acids is 1. The van der Waals surface area contributed by atoms with E-state index < -0.39 is 17.7 Å². The Morgan fingerprint density at radius 2 is 2.20 bits per heavy atom. The van der Waals surface area contributed by atoms with Crippen LogP contribution in [-0.2, 0) is 11.3 Å². The third-order valence-electron chi connectivity index (χ3n) is 2.52. The Labute approximate surface area is 113 Å². The Bertz CT molecular complexity index is 628. The number of aromatic nitrogens is 3. The average Bonchev–Trinajstić information content (AvgIpc) is 2.91. The number of aryl methyl sites for hydroxylation is 1. The fourth-order valence-corrected chi connectivity index (χ4v) is 1.53. The van der Waals surface area contributed by atoms with Gasteiger partial charge in [-0.25, -0.2) is 14.2 Å². The van der Waals surface area contributed by atoms with Crippen molar-refractivity contribution in [1.29, 1.82) is 0 Å². The second-order valence-electron chi connectivity index (χ2n) is 3.96. The molecule has 8 heteroatoms. The van der Waals surface area contributed by atoms with E-state index in [9.17, 15) is 14.0 Å². The van der Waals surface area contributed by atoms with Crippen molar-refractivity contribution in [3.63, 3.8) is 0 Å². The topological polar surface area (TPSA) is 97.1 Å². The van der Waals surface area contributed by atoms with Crippen LogP contribution < -0.4 is 5.32 Å². The van der Waals surface area contributed by atoms with E-state index in [0.29, 0.717) is 6.54 Å². The SMILES string of the molecule is O=C(CCn1cncn1)Nc1ccc(C(=O)O)cc1F. The van der Waals surface area contributed by atoms with Gasteiger partial charge >= 0.3 is 5.97 Å². The number of benzene rings is 1. The lowest BCUT2D eigenvalue weighted by atomic mass is 10.2. The number of carboxylic acids is 1. The summed E-state index contributed by atoms with van der Waals surface area (Å²) in [4.78, 5) is 26.0. The number of hydrogen-bond donors (Lipinski definition) is 2. The first kappa shape index (κ1) is 13.7. The van der Waals surface area contributed by atoms with E-state index in [0.717, 1.165) is 6.07 Å². The van der Waals surface area contributed by atoms with Crippen molar-refractivity contribution in [2.75, 3.05) is 5.32 Å². The standard InChI is InChI=1S/C12H11FN4O3/c13-9-5-8(12(19)20)1-2-10(9)16-11(18)3-4-17-7-14-6-15-17/h1-2,5-7H,3-4H2,(H,16,18)(H,19,20). The summed E-state index contributed by atoms with van der Waals surface area (Å²) in [5.74, 6) is -2.42. The van der Waals surface area contributed by atoms with Gasteiger partial charge in [0.2, 0.25) is 5.91 Å². The molecule has 1 heterocycles. The lowest BCUT2D eigenvalue weighted by Crippen LogP contribution is -2.15. The highest BCUT2D eigenvalue weighted by Crippen LogP contribution is 2.16. The van der Waals surface area contributed by atoms with Gasteiger partial charge < -0.3 is 10.4 Å². The van der Waals surface area contributed by atoms with Crippen LogP contribution in [-0.4, -0.2) is 31.7 Å². The van der Waals surface area contributed by atoms with Crippen molar-refractivity contribution in [3.8, 4) is 0 Å². The van der Waals surface area contributed by atoms with Gasteiger partial charge in [0.15, 0.2) is 0 Å². The summed E-state index contributed by atoms with van der Waals surface area (Å²) in [7, 11) is 0. The van der Waals surface area contributed by atoms with Crippen molar-refractivity contribution in [2.45, 2.75) is 13.0 Å². The predicted molar refractivity (Wildman–Crippen MR) is 66.6 cm³/mol. The second kappa shape index (κ2) is 5.91. The van der Waals surface area contributed by atoms with E-state index in [1.54, 1.807) is 0 Å². The molecule has 0 spiro atoms. The first-order valence-electron chi connectivity index (χ1n) is 5.71. The molecule has 0 bridgehead atoms. The zero-order valence-electron chi connectivity index (χ0n) is 10.3. The number of rotatable bonds is 5. The minimum Gasteiger partial charge on any atom is -0.478 e. The molecule has 0 aliphatic heterocycles. The van der Waals surface area contributed by atoms with Gasteiger partial charge in [0.05, 0.1) is 17.8 Å². The van der Waals surface area contributed by atoms with E-state index in [-0.39, 0.29) is 17.7 Å². The molecule has 2 rings (SSSR count). The molecule has 0 atom stereocenters. The average molecular weight is 278 g/mol. The minimum atomic E-state index is -1.23. The molecule has 104 valence electrons.